The van der Waals surface area contributed by atoms with Crippen molar-refractivity contribution in [1.82, 2.24) is 9.78 Å². The highest BCUT2D eigenvalue weighted by Crippen LogP contribution is 2.22. The fourth-order valence-electron chi connectivity index (χ4n) is 1.01. The highest BCUT2D eigenvalue weighted by atomic mass is 15.3. The summed E-state index contributed by atoms with van der Waals surface area (Å²) in [6.07, 6.45) is 5.18. The Morgan fingerprint density at radius 2 is 2.23 bits per heavy atom. The third-order valence-corrected chi connectivity index (χ3v) is 1.82. The molecular weight excluding hydrogens is 162 g/mol. The molecular formula is C10H15N3. The van der Waals surface area contributed by atoms with Gasteiger partial charge in [0.15, 0.2) is 0 Å². The molecule has 0 unspecified atom stereocenters. The largest absolute Gasteiger partial charge is 0.384 e. The van der Waals surface area contributed by atoms with Crippen molar-refractivity contribution in [2.24, 2.45) is 0 Å². The van der Waals surface area contributed by atoms with Gasteiger partial charge in [0.1, 0.15) is 12.4 Å². The van der Waals surface area contributed by atoms with E-state index in [0.717, 1.165) is 5.69 Å². The molecule has 0 spiro atoms. The number of nitrogens with zero attached hydrogens (tertiary/aromatic N) is 2. The molecule has 3 heteroatoms. The molecule has 0 amide bonds. The Morgan fingerprint density at radius 1 is 1.62 bits per heavy atom. The van der Waals surface area contributed by atoms with Crippen molar-refractivity contribution in [3.8, 4) is 12.3 Å². The van der Waals surface area contributed by atoms with E-state index in [2.05, 4.69) is 31.8 Å². The molecule has 1 aromatic heterocycles. The summed E-state index contributed by atoms with van der Waals surface area (Å²) in [5.74, 6) is 3.14. The molecule has 1 aromatic rings. The van der Waals surface area contributed by atoms with E-state index >= 15 is 0 Å². The Labute approximate surface area is 78.9 Å². The molecule has 0 radical (unpaired) electrons. The van der Waals surface area contributed by atoms with Gasteiger partial charge in [-0.3, -0.25) is 0 Å². The molecule has 13 heavy (non-hydrogen) atoms. The van der Waals surface area contributed by atoms with Crippen LogP contribution in [0.2, 0.25) is 0 Å². The Hall–Kier alpha value is -1.43. The molecule has 0 aliphatic rings. The Kier molecular flexibility index (Phi) is 2.33. The van der Waals surface area contributed by atoms with Crippen LogP contribution in [-0.2, 0) is 12.0 Å². The van der Waals surface area contributed by atoms with Crippen LogP contribution in [0.4, 0.5) is 5.82 Å². The second kappa shape index (κ2) is 3.14. The van der Waals surface area contributed by atoms with Gasteiger partial charge in [0.25, 0.3) is 0 Å². The average molecular weight is 177 g/mol. The number of hydrogen-bond donors (Lipinski definition) is 1. The lowest BCUT2D eigenvalue weighted by Crippen LogP contribution is -2.12. The maximum atomic E-state index is 5.73. The predicted molar refractivity (Wildman–Crippen MR) is 54.2 cm³/mol. The topological polar surface area (TPSA) is 43.8 Å². The molecule has 0 aliphatic carbocycles. The van der Waals surface area contributed by atoms with Crippen molar-refractivity contribution in [1.29, 1.82) is 0 Å². The zero-order valence-corrected chi connectivity index (χ0v) is 8.33. The number of aromatic nitrogens is 2. The zero-order chi connectivity index (χ0) is 10.1. The van der Waals surface area contributed by atoms with Crippen LogP contribution in [0.5, 0.6) is 0 Å². The first-order valence-electron chi connectivity index (χ1n) is 4.22. The number of rotatable bonds is 1. The van der Waals surface area contributed by atoms with Crippen molar-refractivity contribution in [3.63, 3.8) is 0 Å². The van der Waals surface area contributed by atoms with E-state index in [1.165, 1.54) is 0 Å². The fourth-order valence-corrected chi connectivity index (χ4v) is 1.01. The lowest BCUT2D eigenvalue weighted by Gasteiger charge is -2.13. The fraction of sp³-hybridized carbons (Fsp3) is 0.500. The molecule has 0 fully saturated rings. The molecule has 0 saturated heterocycles. The third kappa shape index (κ3) is 2.03. The molecule has 2 N–H and O–H groups in total. The van der Waals surface area contributed by atoms with Crippen LogP contribution < -0.4 is 5.73 Å². The van der Waals surface area contributed by atoms with Gasteiger partial charge in [0, 0.05) is 11.5 Å². The van der Waals surface area contributed by atoms with E-state index < -0.39 is 0 Å². The van der Waals surface area contributed by atoms with Crippen LogP contribution in [0.3, 0.4) is 0 Å². The van der Waals surface area contributed by atoms with Gasteiger partial charge in [-0.1, -0.05) is 26.7 Å². The third-order valence-electron chi connectivity index (χ3n) is 1.82. The van der Waals surface area contributed by atoms with Gasteiger partial charge in [-0.2, -0.15) is 5.10 Å². The number of hydrogen-bond acceptors (Lipinski definition) is 2. The van der Waals surface area contributed by atoms with E-state index in [9.17, 15) is 0 Å². The van der Waals surface area contributed by atoms with Crippen molar-refractivity contribution in [2.45, 2.75) is 32.7 Å². The van der Waals surface area contributed by atoms with E-state index in [0.29, 0.717) is 12.4 Å². The molecule has 1 rings (SSSR count). The number of nitrogens with two attached hydrogens (primary N) is 1. The van der Waals surface area contributed by atoms with Gasteiger partial charge >= 0.3 is 0 Å². The summed E-state index contributed by atoms with van der Waals surface area (Å²) in [5, 5.41) is 4.32. The van der Waals surface area contributed by atoms with Crippen molar-refractivity contribution >= 4 is 5.82 Å². The monoisotopic (exact) mass is 177 g/mol. The molecule has 0 bridgehead atoms. The summed E-state index contributed by atoms with van der Waals surface area (Å²) in [6.45, 7) is 6.71. The summed E-state index contributed by atoms with van der Waals surface area (Å²) >= 11 is 0. The first kappa shape index (κ1) is 9.66. The first-order chi connectivity index (χ1) is 5.95. The molecule has 3 nitrogen and oxygen atoms in total. The quantitative estimate of drug-likeness (QED) is 0.659. The first-order valence-corrected chi connectivity index (χ1v) is 4.22. The second-order valence-corrected chi connectivity index (χ2v) is 4.07. The maximum Gasteiger partial charge on any atom is 0.123 e. The van der Waals surface area contributed by atoms with Gasteiger partial charge in [-0.25, -0.2) is 4.68 Å². The smallest absolute Gasteiger partial charge is 0.123 e. The molecule has 0 aliphatic heterocycles. The Morgan fingerprint density at radius 3 is 2.62 bits per heavy atom. The van der Waals surface area contributed by atoms with Crippen molar-refractivity contribution < 1.29 is 0 Å². The lowest BCUT2D eigenvalue weighted by molar-refractivity contribution is 0.549. The summed E-state index contributed by atoms with van der Waals surface area (Å²) in [4.78, 5) is 0. The second-order valence-electron chi connectivity index (χ2n) is 4.07. The summed E-state index contributed by atoms with van der Waals surface area (Å²) in [5.41, 5.74) is 6.72. The molecule has 70 valence electrons. The Balaban J connectivity index is 3.04. The van der Waals surface area contributed by atoms with Crippen LogP contribution in [0.15, 0.2) is 6.07 Å². The number of terminal acetylenes is 1. The molecule has 1 heterocycles. The average Bonchev–Trinajstić information content (AvgIpc) is 2.32. The Bertz CT molecular complexity index is 336. The van der Waals surface area contributed by atoms with Gasteiger partial charge in [0.2, 0.25) is 0 Å². The van der Waals surface area contributed by atoms with E-state index in [-0.39, 0.29) is 5.41 Å². The molecule has 0 aromatic carbocycles. The lowest BCUT2D eigenvalue weighted by atomic mass is 9.92. The van der Waals surface area contributed by atoms with Crippen LogP contribution in [-0.4, -0.2) is 9.78 Å². The minimum Gasteiger partial charge on any atom is -0.384 e. The summed E-state index contributed by atoms with van der Waals surface area (Å²) < 4.78 is 1.64. The van der Waals surface area contributed by atoms with E-state index in [1.54, 1.807) is 4.68 Å². The van der Waals surface area contributed by atoms with Gasteiger partial charge in [0.05, 0.1) is 5.69 Å². The highest BCUT2D eigenvalue weighted by Gasteiger charge is 2.18. The maximum absolute atomic E-state index is 5.73. The van der Waals surface area contributed by atoms with E-state index in [1.807, 2.05) is 6.07 Å². The van der Waals surface area contributed by atoms with Crippen LogP contribution in [0.25, 0.3) is 0 Å². The normalized spacial score (nSPS) is 11.2. The van der Waals surface area contributed by atoms with Crippen molar-refractivity contribution in [3.05, 3.63) is 11.8 Å². The van der Waals surface area contributed by atoms with Crippen LogP contribution in [0, 0.1) is 12.3 Å². The number of nitrogen functional groups attached to an aromatic ring is 1. The molecule has 0 atom stereocenters. The van der Waals surface area contributed by atoms with Gasteiger partial charge in [-0.15, -0.1) is 6.42 Å². The SMILES string of the molecule is C#CCn1nc(C(C)(C)C)cc1N. The minimum absolute atomic E-state index is 0.0218. The van der Waals surface area contributed by atoms with Gasteiger partial charge in [-0.05, 0) is 0 Å². The number of anilines is 1. The van der Waals surface area contributed by atoms with Crippen LogP contribution in [0.1, 0.15) is 26.5 Å². The highest BCUT2D eigenvalue weighted by molar-refractivity contribution is 5.34. The zero-order valence-electron chi connectivity index (χ0n) is 8.33. The van der Waals surface area contributed by atoms with Gasteiger partial charge < -0.3 is 5.73 Å². The minimum atomic E-state index is 0.0218. The van der Waals surface area contributed by atoms with Crippen LogP contribution >= 0.6 is 0 Å². The standard InChI is InChI=1S/C10H15N3/c1-5-6-13-9(11)7-8(12-13)10(2,3)4/h1,7H,6,11H2,2-4H3. The summed E-state index contributed by atoms with van der Waals surface area (Å²) in [6, 6.07) is 1.87. The summed E-state index contributed by atoms with van der Waals surface area (Å²) in [7, 11) is 0. The molecule has 0 saturated carbocycles. The predicted octanol–water partition coefficient (Wildman–Crippen LogP) is 1.40. The van der Waals surface area contributed by atoms with Crippen molar-refractivity contribution in [2.75, 3.05) is 5.73 Å². The van der Waals surface area contributed by atoms with E-state index in [4.69, 9.17) is 12.2 Å².